The number of fused-ring (bicyclic) bond motifs is 1. The minimum Gasteiger partial charge on any atom is -0.444 e. The molecule has 1 amide bonds. The summed E-state index contributed by atoms with van der Waals surface area (Å²) in [6, 6.07) is 10.7. The van der Waals surface area contributed by atoms with E-state index in [4.69, 9.17) is 9.84 Å². The van der Waals surface area contributed by atoms with E-state index in [0.717, 1.165) is 45.9 Å². The molecule has 6 heteroatoms. The van der Waals surface area contributed by atoms with Crippen LogP contribution >= 0.6 is 0 Å². The number of carbonyl (C=O) groups is 1. The normalized spacial score (nSPS) is 13.9. The molecule has 1 N–H and O–H groups in total. The van der Waals surface area contributed by atoms with Crippen molar-refractivity contribution >= 4 is 6.09 Å². The van der Waals surface area contributed by atoms with Gasteiger partial charge in [0.15, 0.2) is 0 Å². The van der Waals surface area contributed by atoms with E-state index in [1.54, 1.807) is 4.90 Å². The van der Waals surface area contributed by atoms with E-state index in [-0.39, 0.29) is 6.09 Å². The monoisotopic (exact) mass is 446 g/mol. The maximum absolute atomic E-state index is 12.5. The predicted octanol–water partition coefficient (Wildman–Crippen LogP) is 6.17. The number of nitrogens with one attached hydrogen (secondary N) is 1. The van der Waals surface area contributed by atoms with Crippen molar-refractivity contribution in [3.63, 3.8) is 0 Å². The summed E-state index contributed by atoms with van der Waals surface area (Å²) in [5.41, 5.74) is 9.43. The summed E-state index contributed by atoms with van der Waals surface area (Å²) in [5, 5.41) is 8.05. The Balaban J connectivity index is 1.65. The lowest BCUT2D eigenvalue weighted by Gasteiger charge is -2.31. The zero-order valence-corrected chi connectivity index (χ0v) is 20.7. The number of nitrogens with zero attached hydrogens (tertiary/aromatic N) is 3. The SMILES string of the molecule is Cc1cc(-c2[nH]nc(-c3ccc4c(c3)CCN(C(=O)OC(C)(C)C)C4)c2C(C)C)cc(C)n1. The maximum Gasteiger partial charge on any atom is 0.410 e. The Bertz CT molecular complexity index is 1170. The van der Waals surface area contributed by atoms with Crippen molar-refractivity contribution in [2.45, 2.75) is 73.0 Å². The van der Waals surface area contributed by atoms with Gasteiger partial charge in [-0.3, -0.25) is 10.1 Å². The molecule has 1 aliphatic rings. The minimum absolute atomic E-state index is 0.251. The number of hydrogen-bond donors (Lipinski definition) is 1. The number of aryl methyl sites for hydroxylation is 2. The molecule has 0 unspecified atom stereocenters. The van der Waals surface area contributed by atoms with Gasteiger partial charge in [0.2, 0.25) is 0 Å². The van der Waals surface area contributed by atoms with Crippen molar-refractivity contribution in [3.8, 4) is 22.5 Å². The third-order valence-electron chi connectivity index (χ3n) is 5.90. The topological polar surface area (TPSA) is 71.1 Å². The Morgan fingerprint density at radius 3 is 2.39 bits per heavy atom. The van der Waals surface area contributed by atoms with Crippen molar-refractivity contribution < 1.29 is 9.53 Å². The van der Waals surface area contributed by atoms with E-state index in [0.29, 0.717) is 19.0 Å². The molecule has 0 spiro atoms. The van der Waals surface area contributed by atoms with Crippen molar-refractivity contribution in [1.29, 1.82) is 0 Å². The first kappa shape index (κ1) is 23.0. The van der Waals surface area contributed by atoms with Gasteiger partial charge in [-0.1, -0.05) is 26.0 Å². The molecular formula is C27H34N4O2. The van der Waals surface area contributed by atoms with Gasteiger partial charge in [-0.05, 0) is 76.3 Å². The zero-order chi connectivity index (χ0) is 23.9. The summed E-state index contributed by atoms with van der Waals surface area (Å²) >= 11 is 0. The second-order valence-electron chi connectivity index (χ2n) is 10.3. The highest BCUT2D eigenvalue weighted by Gasteiger charge is 2.27. The molecule has 1 aliphatic heterocycles. The quantitative estimate of drug-likeness (QED) is 0.522. The third kappa shape index (κ3) is 4.95. The first-order chi connectivity index (χ1) is 15.5. The molecule has 3 aromatic rings. The second-order valence-corrected chi connectivity index (χ2v) is 10.3. The Kier molecular flexibility index (Phi) is 6.04. The molecule has 2 aromatic heterocycles. The number of H-pyrrole nitrogens is 1. The second kappa shape index (κ2) is 8.65. The molecule has 174 valence electrons. The van der Waals surface area contributed by atoms with Gasteiger partial charge < -0.3 is 9.64 Å². The number of pyridine rings is 1. The summed E-state index contributed by atoms with van der Waals surface area (Å²) in [4.78, 5) is 18.8. The summed E-state index contributed by atoms with van der Waals surface area (Å²) < 4.78 is 5.56. The van der Waals surface area contributed by atoms with Crippen LogP contribution in [0.25, 0.3) is 22.5 Å². The lowest BCUT2D eigenvalue weighted by atomic mass is 9.91. The summed E-state index contributed by atoms with van der Waals surface area (Å²) in [6.45, 7) is 15.4. The highest BCUT2D eigenvalue weighted by atomic mass is 16.6. The minimum atomic E-state index is -0.488. The highest BCUT2D eigenvalue weighted by molar-refractivity contribution is 5.76. The molecule has 1 aromatic carbocycles. The summed E-state index contributed by atoms with van der Waals surface area (Å²) in [6.07, 6.45) is 0.554. The molecular weight excluding hydrogens is 412 g/mol. The standard InChI is InChI=1S/C27H34N4O2/c1-16(2)23-24(29-30-25(23)22-12-17(3)28-18(4)13-22)20-8-9-21-15-31(11-10-19(21)14-20)26(32)33-27(5,6)7/h8-9,12-14,16H,10-11,15H2,1-7H3,(H,29,30). The molecule has 0 aliphatic carbocycles. The fourth-order valence-corrected chi connectivity index (χ4v) is 4.51. The largest absolute Gasteiger partial charge is 0.444 e. The van der Waals surface area contributed by atoms with Crippen LogP contribution < -0.4 is 0 Å². The molecule has 0 saturated carbocycles. The number of hydrogen-bond acceptors (Lipinski definition) is 4. The van der Waals surface area contributed by atoms with Gasteiger partial charge in [0.1, 0.15) is 5.60 Å². The van der Waals surface area contributed by atoms with E-state index in [1.807, 2.05) is 34.6 Å². The lowest BCUT2D eigenvalue weighted by Crippen LogP contribution is -2.39. The first-order valence-corrected chi connectivity index (χ1v) is 11.7. The van der Waals surface area contributed by atoms with Crippen LogP contribution in [0.5, 0.6) is 0 Å². The number of ether oxygens (including phenoxy) is 1. The zero-order valence-electron chi connectivity index (χ0n) is 20.7. The van der Waals surface area contributed by atoms with Gasteiger partial charge >= 0.3 is 6.09 Å². The van der Waals surface area contributed by atoms with Gasteiger partial charge in [0.25, 0.3) is 0 Å². The molecule has 0 radical (unpaired) electrons. The molecule has 33 heavy (non-hydrogen) atoms. The molecule has 3 heterocycles. The van der Waals surface area contributed by atoms with E-state index < -0.39 is 5.60 Å². The van der Waals surface area contributed by atoms with Crippen LogP contribution in [-0.2, 0) is 17.7 Å². The van der Waals surface area contributed by atoms with Gasteiger partial charge in [-0.15, -0.1) is 0 Å². The average Bonchev–Trinajstić information content (AvgIpc) is 3.16. The number of amides is 1. The average molecular weight is 447 g/mol. The predicted molar refractivity (Wildman–Crippen MR) is 131 cm³/mol. The number of carbonyl (C=O) groups excluding carboxylic acids is 1. The first-order valence-electron chi connectivity index (χ1n) is 11.7. The van der Waals surface area contributed by atoms with E-state index >= 15 is 0 Å². The van der Waals surface area contributed by atoms with E-state index in [9.17, 15) is 4.79 Å². The van der Waals surface area contributed by atoms with Crippen molar-refractivity contribution in [2.75, 3.05) is 6.54 Å². The third-order valence-corrected chi connectivity index (χ3v) is 5.90. The van der Waals surface area contributed by atoms with Crippen LogP contribution in [0.15, 0.2) is 30.3 Å². The van der Waals surface area contributed by atoms with E-state index in [1.165, 1.54) is 11.1 Å². The molecule has 0 atom stereocenters. The fraction of sp³-hybridized carbons (Fsp3) is 0.444. The Morgan fingerprint density at radius 2 is 1.76 bits per heavy atom. The van der Waals surface area contributed by atoms with E-state index in [2.05, 4.69) is 54.3 Å². The van der Waals surface area contributed by atoms with Gasteiger partial charge in [0, 0.05) is 41.2 Å². The summed E-state index contributed by atoms with van der Waals surface area (Å²) in [5.74, 6) is 0.307. The number of aromatic nitrogens is 3. The van der Waals surface area contributed by atoms with Gasteiger partial charge in [0.05, 0.1) is 11.4 Å². The van der Waals surface area contributed by atoms with Gasteiger partial charge in [-0.25, -0.2) is 4.79 Å². The Hall–Kier alpha value is -3.15. The summed E-state index contributed by atoms with van der Waals surface area (Å²) in [7, 11) is 0. The molecule has 0 fully saturated rings. The van der Waals surface area contributed by atoms with Crippen LogP contribution in [0.2, 0.25) is 0 Å². The molecule has 0 bridgehead atoms. The number of aromatic amines is 1. The molecule has 0 saturated heterocycles. The van der Waals surface area contributed by atoms with Crippen molar-refractivity contribution in [2.24, 2.45) is 0 Å². The number of benzene rings is 1. The Morgan fingerprint density at radius 1 is 1.06 bits per heavy atom. The fourth-order valence-electron chi connectivity index (χ4n) is 4.51. The van der Waals surface area contributed by atoms with Crippen LogP contribution in [0.1, 0.15) is 68.6 Å². The van der Waals surface area contributed by atoms with Crippen molar-refractivity contribution in [3.05, 3.63) is 58.4 Å². The Labute approximate surface area is 196 Å². The molecule has 6 nitrogen and oxygen atoms in total. The number of rotatable bonds is 3. The lowest BCUT2D eigenvalue weighted by molar-refractivity contribution is 0.0224. The maximum atomic E-state index is 12.5. The van der Waals surface area contributed by atoms with Crippen LogP contribution in [0, 0.1) is 13.8 Å². The van der Waals surface area contributed by atoms with Crippen molar-refractivity contribution in [1.82, 2.24) is 20.1 Å². The van der Waals surface area contributed by atoms with Crippen LogP contribution in [0.3, 0.4) is 0 Å². The smallest absolute Gasteiger partial charge is 0.410 e. The van der Waals surface area contributed by atoms with Crippen LogP contribution in [-0.4, -0.2) is 38.3 Å². The highest BCUT2D eigenvalue weighted by Crippen LogP contribution is 2.37. The molecule has 4 rings (SSSR count). The van der Waals surface area contributed by atoms with Gasteiger partial charge in [-0.2, -0.15) is 5.10 Å². The van der Waals surface area contributed by atoms with Crippen LogP contribution in [0.4, 0.5) is 4.79 Å².